The van der Waals surface area contributed by atoms with Gasteiger partial charge in [0.25, 0.3) is 0 Å². The van der Waals surface area contributed by atoms with Gasteiger partial charge in [0.2, 0.25) is 5.91 Å². The lowest BCUT2D eigenvalue weighted by atomic mass is 10.1. The molecule has 6 heteroatoms. The Morgan fingerprint density at radius 1 is 1.12 bits per heavy atom. The van der Waals surface area contributed by atoms with Crippen LogP contribution in [0.3, 0.4) is 0 Å². The summed E-state index contributed by atoms with van der Waals surface area (Å²) in [5, 5.41) is 2.83. The lowest BCUT2D eigenvalue weighted by Gasteiger charge is -2.14. The molecule has 2 rings (SSSR count). The first kappa shape index (κ1) is 17.9. The normalized spacial score (nSPS) is 10.5. The summed E-state index contributed by atoms with van der Waals surface area (Å²) < 4.78 is 18.2. The summed E-state index contributed by atoms with van der Waals surface area (Å²) in [6, 6.07) is 11.5. The van der Waals surface area contributed by atoms with E-state index in [-0.39, 0.29) is 24.8 Å². The number of methoxy groups -OCH3 is 1. The van der Waals surface area contributed by atoms with Gasteiger partial charge in [-0.15, -0.1) is 0 Å². The minimum atomic E-state index is -0.289. The van der Waals surface area contributed by atoms with Gasteiger partial charge in [-0.25, -0.2) is 14.2 Å². The molecule has 128 valence electrons. The Bertz CT molecular complexity index is 673. The maximum absolute atomic E-state index is 12.9. The van der Waals surface area contributed by atoms with Gasteiger partial charge < -0.3 is 10.1 Å². The van der Waals surface area contributed by atoms with Crippen molar-refractivity contribution in [3.63, 3.8) is 0 Å². The molecule has 0 fully saturated rings. The van der Waals surface area contributed by atoms with E-state index >= 15 is 0 Å². The number of aryl methyl sites for hydroxylation is 1. The fourth-order valence-corrected chi connectivity index (χ4v) is 2.28. The van der Waals surface area contributed by atoms with Gasteiger partial charge in [0.1, 0.15) is 18.2 Å². The third-order valence-electron chi connectivity index (χ3n) is 3.46. The van der Waals surface area contributed by atoms with E-state index in [0.717, 1.165) is 11.1 Å². The molecule has 0 bridgehead atoms. The quantitative estimate of drug-likeness (QED) is 0.593. The summed E-state index contributed by atoms with van der Waals surface area (Å²) in [6.45, 7) is 0.207. The monoisotopic (exact) mass is 333 g/mol. The van der Waals surface area contributed by atoms with Crippen LogP contribution < -0.4 is 10.1 Å². The summed E-state index contributed by atoms with van der Waals surface area (Å²) in [4.78, 5) is 21.7. The Kier molecular flexibility index (Phi) is 6.72. The van der Waals surface area contributed by atoms with Crippen LogP contribution in [-0.4, -0.2) is 20.1 Å². The second-order valence-electron chi connectivity index (χ2n) is 5.10. The predicted molar refractivity (Wildman–Crippen MR) is 88.1 cm³/mol. The Balaban J connectivity index is 1.98. The highest BCUT2D eigenvalue weighted by Crippen LogP contribution is 2.29. The first-order valence-corrected chi connectivity index (χ1v) is 7.50. The average molecular weight is 333 g/mol. The summed E-state index contributed by atoms with van der Waals surface area (Å²) in [5.41, 5.74) is 2.23. The molecule has 0 spiro atoms. The number of carbonyl (C=O) groups is 1. The van der Waals surface area contributed by atoms with Gasteiger partial charge in [-0.3, -0.25) is 4.79 Å². The lowest BCUT2D eigenvalue weighted by molar-refractivity contribution is -0.282. The number of anilines is 1. The molecule has 5 nitrogen and oxygen atoms in total. The van der Waals surface area contributed by atoms with Crippen LogP contribution >= 0.6 is 0 Å². The molecule has 2 aromatic rings. The van der Waals surface area contributed by atoms with E-state index in [1.807, 2.05) is 6.07 Å². The molecular weight excluding hydrogens is 313 g/mol. The van der Waals surface area contributed by atoms with Gasteiger partial charge in [-0.05, 0) is 30.2 Å². The van der Waals surface area contributed by atoms with Crippen molar-refractivity contribution in [3.8, 4) is 5.75 Å². The van der Waals surface area contributed by atoms with E-state index < -0.39 is 0 Å². The highest BCUT2D eigenvalue weighted by Gasteiger charge is 2.12. The zero-order chi connectivity index (χ0) is 17.4. The smallest absolute Gasteiger partial charge is 0.224 e. The van der Waals surface area contributed by atoms with Crippen molar-refractivity contribution in [2.45, 2.75) is 19.4 Å². The van der Waals surface area contributed by atoms with Gasteiger partial charge in [0, 0.05) is 12.0 Å². The van der Waals surface area contributed by atoms with Crippen LogP contribution in [0, 0.1) is 5.82 Å². The van der Waals surface area contributed by atoms with Crippen molar-refractivity contribution in [1.82, 2.24) is 0 Å². The van der Waals surface area contributed by atoms with Gasteiger partial charge >= 0.3 is 0 Å². The van der Waals surface area contributed by atoms with Crippen LogP contribution in [0.5, 0.6) is 5.75 Å². The van der Waals surface area contributed by atoms with Crippen molar-refractivity contribution in [1.29, 1.82) is 0 Å². The molecule has 2 aromatic carbocycles. The number of para-hydroxylation sites is 1. The number of hydrogen-bond acceptors (Lipinski definition) is 4. The Labute approximate surface area is 140 Å². The van der Waals surface area contributed by atoms with Gasteiger partial charge in [0.15, 0.2) is 0 Å². The molecule has 0 unspecified atom stereocenters. The predicted octanol–water partition coefficient (Wildman–Crippen LogP) is 3.48. The molecule has 0 aliphatic rings. The number of hydrogen-bond donors (Lipinski definition) is 1. The molecule has 0 aromatic heterocycles. The van der Waals surface area contributed by atoms with Crippen LogP contribution in [0.1, 0.15) is 17.5 Å². The van der Waals surface area contributed by atoms with E-state index in [4.69, 9.17) is 9.62 Å². The number of nitrogens with one attached hydrogen (secondary N) is 1. The SMILES string of the molecule is COOCc1cccc(NC(=O)CCc2ccc(F)cc2)c1OC. The van der Waals surface area contributed by atoms with Crippen molar-refractivity contribution in [3.05, 3.63) is 59.4 Å². The fraction of sp³-hybridized carbons (Fsp3) is 0.278. The minimum Gasteiger partial charge on any atom is -0.494 e. The maximum atomic E-state index is 12.9. The van der Waals surface area contributed by atoms with Crippen LogP contribution in [0.15, 0.2) is 42.5 Å². The third kappa shape index (κ3) is 5.04. The number of benzene rings is 2. The number of halogens is 1. The molecule has 0 aliphatic heterocycles. The third-order valence-corrected chi connectivity index (χ3v) is 3.46. The molecule has 0 saturated heterocycles. The molecule has 0 aliphatic carbocycles. The van der Waals surface area contributed by atoms with Crippen LogP contribution in [0.4, 0.5) is 10.1 Å². The summed E-state index contributed by atoms with van der Waals surface area (Å²) in [5.74, 6) is 0.0927. The largest absolute Gasteiger partial charge is 0.494 e. The summed E-state index contributed by atoms with van der Waals surface area (Å²) >= 11 is 0. The zero-order valence-electron chi connectivity index (χ0n) is 13.7. The second-order valence-corrected chi connectivity index (χ2v) is 5.10. The highest BCUT2D eigenvalue weighted by molar-refractivity contribution is 5.92. The van der Waals surface area contributed by atoms with Crippen LogP contribution in [-0.2, 0) is 27.6 Å². The Morgan fingerprint density at radius 3 is 2.54 bits per heavy atom. The number of carbonyl (C=O) groups excluding carboxylic acids is 1. The van der Waals surface area contributed by atoms with Gasteiger partial charge in [0.05, 0.1) is 19.9 Å². The Hall–Kier alpha value is -2.44. The van der Waals surface area contributed by atoms with Crippen molar-refractivity contribution in [2.75, 3.05) is 19.5 Å². The van der Waals surface area contributed by atoms with Gasteiger partial charge in [-0.1, -0.05) is 24.3 Å². The fourth-order valence-electron chi connectivity index (χ4n) is 2.28. The number of amides is 1. The number of ether oxygens (including phenoxy) is 1. The molecular formula is C18H20FNO4. The topological polar surface area (TPSA) is 56.8 Å². The highest BCUT2D eigenvalue weighted by atomic mass is 19.1. The standard InChI is InChI=1S/C18H20FNO4/c1-22-18-14(12-24-23-2)4-3-5-16(18)20-17(21)11-8-13-6-9-15(19)10-7-13/h3-7,9-10H,8,11-12H2,1-2H3,(H,20,21). The first-order chi connectivity index (χ1) is 11.6. The molecule has 1 N–H and O–H groups in total. The summed E-state index contributed by atoms with van der Waals surface area (Å²) in [7, 11) is 2.95. The van der Waals surface area contributed by atoms with Gasteiger partial charge in [-0.2, -0.15) is 0 Å². The first-order valence-electron chi connectivity index (χ1n) is 7.50. The number of rotatable bonds is 8. The molecule has 24 heavy (non-hydrogen) atoms. The van der Waals surface area contributed by atoms with E-state index in [0.29, 0.717) is 17.9 Å². The van der Waals surface area contributed by atoms with E-state index in [1.54, 1.807) is 24.3 Å². The van der Waals surface area contributed by atoms with Crippen LogP contribution in [0.25, 0.3) is 0 Å². The second kappa shape index (κ2) is 9.00. The van der Waals surface area contributed by atoms with Crippen molar-refractivity contribution in [2.24, 2.45) is 0 Å². The van der Waals surface area contributed by atoms with E-state index in [1.165, 1.54) is 26.4 Å². The lowest BCUT2D eigenvalue weighted by Crippen LogP contribution is -2.13. The Morgan fingerprint density at radius 2 is 1.88 bits per heavy atom. The minimum absolute atomic E-state index is 0.151. The maximum Gasteiger partial charge on any atom is 0.224 e. The molecule has 0 heterocycles. The molecule has 0 atom stereocenters. The molecule has 0 radical (unpaired) electrons. The van der Waals surface area contributed by atoms with E-state index in [9.17, 15) is 9.18 Å². The van der Waals surface area contributed by atoms with Crippen molar-refractivity contribution >= 4 is 11.6 Å². The molecule has 1 amide bonds. The van der Waals surface area contributed by atoms with Crippen LogP contribution in [0.2, 0.25) is 0 Å². The average Bonchev–Trinajstić information content (AvgIpc) is 2.59. The molecule has 0 saturated carbocycles. The van der Waals surface area contributed by atoms with E-state index in [2.05, 4.69) is 10.2 Å². The zero-order valence-corrected chi connectivity index (χ0v) is 13.7. The van der Waals surface area contributed by atoms with Crippen molar-refractivity contribution < 1.29 is 23.7 Å². The summed E-state index contributed by atoms with van der Waals surface area (Å²) in [6.07, 6.45) is 0.814.